The van der Waals surface area contributed by atoms with Crippen molar-refractivity contribution in [3.05, 3.63) is 47.8 Å². The largest absolute Gasteiger partial charge is 0.497 e. The van der Waals surface area contributed by atoms with Gasteiger partial charge in [0.05, 0.1) is 20.3 Å². The summed E-state index contributed by atoms with van der Waals surface area (Å²) >= 11 is 0. The number of benzene rings is 1. The summed E-state index contributed by atoms with van der Waals surface area (Å²) < 4.78 is 10.9. The highest BCUT2D eigenvalue weighted by molar-refractivity contribution is 6.16. The van der Waals surface area contributed by atoms with E-state index in [1.165, 1.54) is 0 Å². The molecule has 29 heavy (non-hydrogen) atoms. The van der Waals surface area contributed by atoms with E-state index in [4.69, 9.17) is 19.7 Å². The molecule has 1 aromatic rings. The molecule has 1 heterocycles. The Balaban J connectivity index is 2.34. The Labute approximate surface area is 173 Å². The van der Waals surface area contributed by atoms with Crippen LogP contribution >= 0.6 is 0 Å². The fourth-order valence-electron chi connectivity index (χ4n) is 3.25. The lowest BCUT2D eigenvalue weighted by Gasteiger charge is -2.22. The zero-order valence-corrected chi connectivity index (χ0v) is 17.9. The predicted molar refractivity (Wildman–Crippen MR) is 117 cm³/mol. The van der Waals surface area contributed by atoms with Gasteiger partial charge < -0.3 is 14.4 Å². The second-order valence-electron chi connectivity index (χ2n) is 6.99. The predicted octanol–water partition coefficient (Wildman–Crippen LogP) is 4.88. The van der Waals surface area contributed by atoms with Crippen molar-refractivity contribution in [2.75, 3.05) is 20.8 Å². The van der Waals surface area contributed by atoms with Crippen LogP contribution in [0.4, 0.5) is 0 Å². The molecule has 0 saturated carbocycles. The minimum atomic E-state index is 0.592. The number of methoxy groups -OCH3 is 2. The Kier molecular flexibility index (Phi) is 8.47. The number of nitriles is 1. The van der Waals surface area contributed by atoms with E-state index in [9.17, 15) is 0 Å². The number of amidine groups is 2. The van der Waals surface area contributed by atoms with Crippen LogP contribution in [-0.2, 0) is 6.42 Å². The molecule has 0 N–H and O–H groups in total. The van der Waals surface area contributed by atoms with Gasteiger partial charge >= 0.3 is 0 Å². The van der Waals surface area contributed by atoms with Gasteiger partial charge in [-0.1, -0.05) is 13.0 Å². The molecule has 0 fully saturated rings. The molecule has 0 saturated heterocycles. The van der Waals surface area contributed by atoms with Crippen molar-refractivity contribution < 1.29 is 9.47 Å². The molecule has 0 radical (unpaired) electrons. The first-order valence-electron chi connectivity index (χ1n) is 9.85. The number of hydrogen-bond donors (Lipinski definition) is 0. The number of hydrogen-bond acceptors (Lipinski definition) is 5. The van der Waals surface area contributed by atoms with Crippen molar-refractivity contribution in [2.24, 2.45) is 9.98 Å². The molecule has 154 valence electrons. The second-order valence-corrected chi connectivity index (χ2v) is 6.99. The van der Waals surface area contributed by atoms with Gasteiger partial charge in [0.1, 0.15) is 23.0 Å². The highest BCUT2D eigenvalue weighted by Gasteiger charge is 2.29. The lowest BCUT2D eigenvalue weighted by atomic mass is 10.1. The van der Waals surface area contributed by atoms with Gasteiger partial charge in [-0.2, -0.15) is 5.26 Å². The third-order valence-corrected chi connectivity index (χ3v) is 4.71. The quantitative estimate of drug-likeness (QED) is 0.530. The number of ether oxygens (including phenoxy) is 2. The van der Waals surface area contributed by atoms with Crippen molar-refractivity contribution in [1.82, 2.24) is 4.90 Å². The summed E-state index contributed by atoms with van der Waals surface area (Å²) in [7, 11) is 3.32. The molecule has 6 nitrogen and oxygen atoms in total. The summed E-state index contributed by atoms with van der Waals surface area (Å²) in [6, 6.07) is 7.99. The third kappa shape index (κ3) is 5.71. The molecule has 2 rings (SSSR count). The van der Waals surface area contributed by atoms with Gasteiger partial charge in [-0.3, -0.25) is 0 Å². The molecule has 0 amide bonds. The topological polar surface area (TPSA) is 70.2 Å². The Morgan fingerprint density at radius 2 is 2.03 bits per heavy atom. The average Bonchev–Trinajstić information content (AvgIpc) is 3.05. The number of rotatable bonds is 10. The molecule has 0 unspecified atom stereocenters. The van der Waals surface area contributed by atoms with Gasteiger partial charge in [0.15, 0.2) is 5.84 Å². The number of aliphatic imine (C=N–C) groups is 2. The Bertz CT molecular complexity index is 858. The lowest BCUT2D eigenvalue weighted by Crippen LogP contribution is -2.34. The first kappa shape index (κ1) is 22.2. The van der Waals surface area contributed by atoms with Crippen LogP contribution in [0, 0.1) is 11.3 Å². The summed E-state index contributed by atoms with van der Waals surface area (Å²) in [5, 5.41) is 8.75. The van der Waals surface area contributed by atoms with E-state index in [0.717, 1.165) is 65.8 Å². The van der Waals surface area contributed by atoms with Crippen molar-refractivity contribution in [2.45, 2.75) is 46.0 Å². The van der Waals surface area contributed by atoms with E-state index in [1.807, 2.05) is 32.0 Å². The second kappa shape index (κ2) is 11.1. The minimum Gasteiger partial charge on any atom is -0.497 e. The molecule has 1 aromatic carbocycles. The number of nitrogens with zero attached hydrogens (tertiary/aromatic N) is 4. The van der Waals surface area contributed by atoms with Gasteiger partial charge in [0.25, 0.3) is 0 Å². The molecule has 1 aliphatic heterocycles. The lowest BCUT2D eigenvalue weighted by molar-refractivity contribution is 0.399. The van der Waals surface area contributed by atoms with Gasteiger partial charge in [-0.25, -0.2) is 9.98 Å². The zero-order chi connectivity index (χ0) is 21.2. The van der Waals surface area contributed by atoms with E-state index in [1.54, 1.807) is 20.4 Å². The standard InChI is InChI=1S/C23H30N4O2/c1-6-25-23-22(17(2)3)26-21(27(23)14-10-8-7-9-13-24)16-18-15-19(28-4)11-12-20(18)29-5/h6,11-12,15H,1,7-10,14,16H2,2-5H3/b25-23+. The van der Waals surface area contributed by atoms with E-state index in [0.29, 0.717) is 12.8 Å². The summed E-state index contributed by atoms with van der Waals surface area (Å²) in [6.45, 7) is 8.64. The van der Waals surface area contributed by atoms with Crippen molar-refractivity contribution in [1.29, 1.82) is 5.26 Å². The van der Waals surface area contributed by atoms with Crippen LogP contribution in [0.5, 0.6) is 11.5 Å². The van der Waals surface area contributed by atoms with E-state index >= 15 is 0 Å². The van der Waals surface area contributed by atoms with Crippen LogP contribution in [0.25, 0.3) is 0 Å². The van der Waals surface area contributed by atoms with Gasteiger partial charge in [-0.05, 0) is 50.5 Å². The van der Waals surface area contributed by atoms with Crippen LogP contribution in [0.15, 0.2) is 52.2 Å². The summed E-state index contributed by atoms with van der Waals surface area (Å²) in [6.07, 6.45) is 5.61. The molecule has 1 aliphatic rings. The summed E-state index contributed by atoms with van der Waals surface area (Å²) in [4.78, 5) is 11.6. The normalized spacial score (nSPS) is 14.6. The molecule has 6 heteroatoms. The van der Waals surface area contributed by atoms with Crippen LogP contribution in [0.3, 0.4) is 0 Å². The first-order chi connectivity index (χ1) is 14.0. The van der Waals surface area contributed by atoms with Crippen LogP contribution in [0.2, 0.25) is 0 Å². The highest BCUT2D eigenvalue weighted by atomic mass is 16.5. The molecular formula is C23H30N4O2. The summed E-state index contributed by atoms with van der Waals surface area (Å²) in [5.74, 6) is 3.34. The van der Waals surface area contributed by atoms with Gasteiger partial charge in [-0.15, -0.1) is 0 Å². The molecule has 0 aliphatic carbocycles. The molecule has 0 spiro atoms. The zero-order valence-electron chi connectivity index (χ0n) is 17.9. The van der Waals surface area contributed by atoms with E-state index in [2.05, 4.69) is 22.5 Å². The Hall–Kier alpha value is -3.07. The van der Waals surface area contributed by atoms with Crippen LogP contribution in [0.1, 0.15) is 45.1 Å². The van der Waals surface area contributed by atoms with Gasteiger partial charge in [0, 0.05) is 31.1 Å². The maximum atomic E-state index is 8.75. The van der Waals surface area contributed by atoms with Crippen LogP contribution < -0.4 is 9.47 Å². The Morgan fingerprint density at radius 1 is 1.24 bits per heavy atom. The number of allylic oxidation sites excluding steroid dienone is 1. The first-order valence-corrected chi connectivity index (χ1v) is 9.85. The SMILES string of the molecule is C=C/N=C1\C(=C(C)C)N=C(Cc2cc(OC)ccc2OC)N1CCCCCC#N. The van der Waals surface area contributed by atoms with E-state index in [-0.39, 0.29) is 0 Å². The van der Waals surface area contributed by atoms with Crippen molar-refractivity contribution in [3.8, 4) is 17.6 Å². The smallest absolute Gasteiger partial charge is 0.159 e. The van der Waals surface area contributed by atoms with Crippen molar-refractivity contribution >= 4 is 11.7 Å². The average molecular weight is 395 g/mol. The fraction of sp³-hybridized carbons (Fsp3) is 0.435. The Morgan fingerprint density at radius 3 is 2.66 bits per heavy atom. The van der Waals surface area contributed by atoms with Crippen molar-refractivity contribution in [3.63, 3.8) is 0 Å². The van der Waals surface area contributed by atoms with Gasteiger partial charge in [0.2, 0.25) is 0 Å². The summed E-state index contributed by atoms with van der Waals surface area (Å²) in [5.41, 5.74) is 3.00. The van der Waals surface area contributed by atoms with E-state index < -0.39 is 0 Å². The highest BCUT2D eigenvalue weighted by Crippen LogP contribution is 2.28. The monoisotopic (exact) mass is 394 g/mol. The minimum absolute atomic E-state index is 0.592. The molecule has 0 bridgehead atoms. The third-order valence-electron chi connectivity index (χ3n) is 4.71. The maximum absolute atomic E-state index is 8.75. The molecular weight excluding hydrogens is 364 g/mol. The van der Waals surface area contributed by atoms with Crippen LogP contribution in [-0.4, -0.2) is 37.3 Å². The molecule has 0 atom stereocenters. The fourth-order valence-corrected chi connectivity index (χ4v) is 3.25. The molecule has 0 aromatic heterocycles. The maximum Gasteiger partial charge on any atom is 0.159 e. The number of unbranched alkanes of at least 4 members (excludes halogenated alkanes) is 3.